The molecular weight excluding hydrogens is 346 g/mol. The number of nitrogens with zero attached hydrogens (tertiary/aromatic N) is 4. The van der Waals surface area contributed by atoms with Gasteiger partial charge in [-0.1, -0.05) is 0 Å². The van der Waals surface area contributed by atoms with Crippen LogP contribution in [0.2, 0.25) is 0 Å². The molecule has 8 heteroatoms. The van der Waals surface area contributed by atoms with E-state index in [9.17, 15) is 9.59 Å². The molecule has 2 atom stereocenters. The number of hydrogen-bond donors (Lipinski definition) is 1. The lowest BCUT2D eigenvalue weighted by Gasteiger charge is -2.35. The van der Waals surface area contributed by atoms with Crippen LogP contribution in [0, 0.1) is 0 Å². The van der Waals surface area contributed by atoms with E-state index >= 15 is 0 Å². The Bertz CT molecular complexity index is 803. The van der Waals surface area contributed by atoms with Gasteiger partial charge in [-0.05, 0) is 31.7 Å². The second-order valence-electron chi connectivity index (χ2n) is 7.32. The largest absolute Gasteiger partial charge is 0.375 e. The van der Waals surface area contributed by atoms with E-state index in [1.54, 1.807) is 17.3 Å². The first kappa shape index (κ1) is 17.9. The van der Waals surface area contributed by atoms with Crippen LogP contribution in [0.3, 0.4) is 0 Å². The topological polar surface area (TPSA) is 91.4 Å². The number of methoxy groups -OCH3 is 1. The molecule has 2 fully saturated rings. The van der Waals surface area contributed by atoms with Gasteiger partial charge < -0.3 is 19.5 Å². The molecule has 2 aliphatic rings. The highest BCUT2D eigenvalue weighted by Gasteiger charge is 2.38. The van der Waals surface area contributed by atoms with Gasteiger partial charge in [0.2, 0.25) is 11.8 Å². The molecule has 4 rings (SSSR count). The molecule has 27 heavy (non-hydrogen) atoms. The number of hydrogen-bond acceptors (Lipinski definition) is 5. The van der Waals surface area contributed by atoms with Crippen molar-refractivity contribution in [2.45, 2.75) is 37.6 Å². The maximum atomic E-state index is 13.1. The predicted octanol–water partition coefficient (Wildman–Crippen LogP) is 1.30. The Morgan fingerprint density at radius 3 is 2.96 bits per heavy atom. The van der Waals surface area contributed by atoms with Gasteiger partial charge in [0, 0.05) is 38.9 Å². The van der Waals surface area contributed by atoms with E-state index in [0.29, 0.717) is 13.1 Å². The molecule has 0 saturated carbocycles. The van der Waals surface area contributed by atoms with Crippen LogP contribution in [0.4, 0.5) is 0 Å². The van der Waals surface area contributed by atoms with Gasteiger partial charge >= 0.3 is 0 Å². The number of amides is 2. The van der Waals surface area contributed by atoms with E-state index < -0.39 is 0 Å². The van der Waals surface area contributed by atoms with Gasteiger partial charge in [0.25, 0.3) is 0 Å². The average Bonchev–Trinajstić information content (AvgIpc) is 3.34. The number of imidazole rings is 1. The van der Waals surface area contributed by atoms with Gasteiger partial charge in [-0.25, -0.2) is 4.98 Å². The second kappa shape index (κ2) is 7.64. The fraction of sp³-hybridized carbons (Fsp3) is 0.579. The number of likely N-dealkylation sites (tertiary alicyclic amines) is 2. The molecule has 2 aromatic heterocycles. The summed E-state index contributed by atoms with van der Waals surface area (Å²) in [6.07, 6.45) is 7.02. The third kappa shape index (κ3) is 3.53. The fourth-order valence-corrected chi connectivity index (χ4v) is 4.21. The van der Waals surface area contributed by atoms with Gasteiger partial charge in [0.05, 0.1) is 17.2 Å². The maximum absolute atomic E-state index is 13.1. The van der Waals surface area contributed by atoms with Gasteiger partial charge in [0.15, 0.2) is 0 Å². The number of ether oxygens (including phenoxy) is 1. The van der Waals surface area contributed by atoms with E-state index in [0.717, 1.165) is 49.1 Å². The van der Waals surface area contributed by atoms with Crippen molar-refractivity contribution in [1.29, 1.82) is 0 Å². The number of pyridine rings is 1. The van der Waals surface area contributed by atoms with E-state index in [-0.39, 0.29) is 30.4 Å². The summed E-state index contributed by atoms with van der Waals surface area (Å²) < 4.78 is 4.96. The summed E-state index contributed by atoms with van der Waals surface area (Å²) in [6, 6.07) is 1.53. The molecule has 4 heterocycles. The zero-order chi connectivity index (χ0) is 18.8. The monoisotopic (exact) mass is 371 g/mol. The Morgan fingerprint density at radius 2 is 2.15 bits per heavy atom. The summed E-state index contributed by atoms with van der Waals surface area (Å²) in [6.45, 7) is 2.03. The first-order valence-corrected chi connectivity index (χ1v) is 9.54. The van der Waals surface area contributed by atoms with Crippen LogP contribution in [-0.4, -0.2) is 76.0 Å². The minimum atomic E-state index is -0.355. The molecule has 1 N–H and O–H groups in total. The number of rotatable bonds is 4. The Labute approximate surface area is 157 Å². The number of carbonyl (C=O) groups is 2. The lowest BCUT2D eigenvalue weighted by atomic mass is 9.96. The average molecular weight is 371 g/mol. The smallest absolute Gasteiger partial charge is 0.249 e. The van der Waals surface area contributed by atoms with Gasteiger partial charge in [-0.2, -0.15) is 0 Å². The molecular formula is C19H25N5O3. The zero-order valence-electron chi connectivity index (χ0n) is 15.6. The summed E-state index contributed by atoms with van der Waals surface area (Å²) in [5.74, 6) is 1.04. The van der Waals surface area contributed by atoms with E-state index in [4.69, 9.17) is 4.74 Å². The predicted molar refractivity (Wildman–Crippen MR) is 99.1 cm³/mol. The molecule has 0 aliphatic carbocycles. The number of nitrogens with one attached hydrogen (secondary N) is 1. The number of aromatic nitrogens is 3. The van der Waals surface area contributed by atoms with Crippen molar-refractivity contribution < 1.29 is 14.3 Å². The maximum Gasteiger partial charge on any atom is 0.249 e. The summed E-state index contributed by atoms with van der Waals surface area (Å²) >= 11 is 0. The fourth-order valence-electron chi connectivity index (χ4n) is 4.21. The number of carbonyl (C=O) groups excluding carboxylic acids is 2. The number of fused-ring (bicyclic) bond motifs is 1. The Hall–Kier alpha value is -2.48. The first-order chi connectivity index (χ1) is 13.2. The highest BCUT2D eigenvalue weighted by molar-refractivity contribution is 5.88. The summed E-state index contributed by atoms with van der Waals surface area (Å²) in [5, 5.41) is 0. The van der Waals surface area contributed by atoms with Crippen molar-refractivity contribution >= 4 is 22.8 Å². The minimum absolute atomic E-state index is 0.0272. The van der Waals surface area contributed by atoms with Crippen molar-refractivity contribution in [3.05, 3.63) is 24.3 Å². The van der Waals surface area contributed by atoms with Crippen LogP contribution >= 0.6 is 0 Å². The Balaban J connectivity index is 1.47. The lowest BCUT2D eigenvalue weighted by Crippen LogP contribution is -2.51. The number of piperidine rings is 1. The molecule has 2 amide bonds. The molecule has 1 unspecified atom stereocenters. The van der Waals surface area contributed by atoms with Crippen molar-refractivity contribution in [1.82, 2.24) is 24.8 Å². The molecule has 8 nitrogen and oxygen atoms in total. The molecule has 0 bridgehead atoms. The van der Waals surface area contributed by atoms with Crippen molar-refractivity contribution in [2.24, 2.45) is 0 Å². The highest BCUT2D eigenvalue weighted by atomic mass is 16.5. The molecule has 0 aromatic carbocycles. The lowest BCUT2D eigenvalue weighted by molar-refractivity contribution is -0.146. The minimum Gasteiger partial charge on any atom is -0.375 e. The van der Waals surface area contributed by atoms with E-state index in [1.807, 2.05) is 11.0 Å². The van der Waals surface area contributed by atoms with Gasteiger partial charge in [-0.3, -0.25) is 14.6 Å². The molecule has 0 spiro atoms. The zero-order valence-corrected chi connectivity index (χ0v) is 15.6. The summed E-state index contributed by atoms with van der Waals surface area (Å²) in [4.78, 5) is 41.1. The van der Waals surface area contributed by atoms with Crippen LogP contribution in [0.1, 0.15) is 37.4 Å². The number of H-pyrrole nitrogens is 1. The van der Waals surface area contributed by atoms with Crippen molar-refractivity contribution in [2.75, 3.05) is 33.4 Å². The molecule has 2 aromatic rings. The van der Waals surface area contributed by atoms with Crippen LogP contribution in [-0.2, 0) is 14.3 Å². The van der Waals surface area contributed by atoms with Crippen LogP contribution in [0.25, 0.3) is 11.0 Å². The molecule has 144 valence electrons. The quantitative estimate of drug-likeness (QED) is 0.875. The summed E-state index contributed by atoms with van der Waals surface area (Å²) in [7, 11) is 1.50. The Kier molecular flexibility index (Phi) is 5.07. The third-order valence-corrected chi connectivity index (χ3v) is 5.55. The van der Waals surface area contributed by atoms with Gasteiger partial charge in [-0.15, -0.1) is 0 Å². The molecule has 2 saturated heterocycles. The molecule has 0 radical (unpaired) electrons. The summed E-state index contributed by atoms with van der Waals surface area (Å²) in [5.41, 5.74) is 1.82. The third-order valence-electron chi connectivity index (χ3n) is 5.55. The van der Waals surface area contributed by atoms with E-state index in [1.165, 1.54) is 7.11 Å². The normalized spacial score (nSPS) is 23.1. The SMILES string of the molecule is COCC(=O)N1CCC[C@@H]1C(=O)N1CCCC(c2nc3ccncc3[nH]2)C1. The number of aromatic amines is 1. The Morgan fingerprint density at radius 1 is 1.30 bits per heavy atom. The van der Waals surface area contributed by atoms with Crippen molar-refractivity contribution in [3.8, 4) is 0 Å². The van der Waals surface area contributed by atoms with Crippen molar-refractivity contribution in [3.63, 3.8) is 0 Å². The van der Waals surface area contributed by atoms with Crippen LogP contribution in [0.15, 0.2) is 18.5 Å². The standard InChI is InChI=1S/C19H25N5O3/c1-27-12-17(25)24-9-3-5-16(24)19(26)23-8-2-4-13(11-23)18-21-14-6-7-20-10-15(14)22-18/h6-7,10,13,16H,2-5,8-9,11-12H2,1H3,(H,21,22)/t13?,16-/m1/s1. The molecule has 2 aliphatic heterocycles. The second-order valence-corrected chi connectivity index (χ2v) is 7.32. The highest BCUT2D eigenvalue weighted by Crippen LogP contribution is 2.28. The van der Waals surface area contributed by atoms with E-state index in [2.05, 4.69) is 15.0 Å². The van der Waals surface area contributed by atoms with Gasteiger partial charge in [0.1, 0.15) is 18.5 Å². The first-order valence-electron chi connectivity index (χ1n) is 9.54. The van der Waals surface area contributed by atoms with Crippen LogP contribution < -0.4 is 0 Å². The van der Waals surface area contributed by atoms with Crippen LogP contribution in [0.5, 0.6) is 0 Å².